The number of hydrogen-bond acceptors (Lipinski definition) is 6. The molecule has 4 atom stereocenters. The van der Waals surface area contributed by atoms with E-state index in [-0.39, 0.29) is 29.2 Å². The minimum absolute atomic E-state index is 0.0445. The van der Waals surface area contributed by atoms with Gasteiger partial charge in [0.05, 0.1) is 16.6 Å². The number of fused-ring (bicyclic) bond motifs is 1. The minimum atomic E-state index is -0.492. The summed E-state index contributed by atoms with van der Waals surface area (Å²) in [7, 11) is 0. The number of esters is 1. The zero-order valence-electron chi connectivity index (χ0n) is 15.0. The standard InChI is InChI=1S/C19H23NO5S/c1-18(2)13-7-8-19(18)11-26-16(25-15(19)9-13)10-24-17(21)12-3-5-14(6-4-12)20(22)23/h3-6,13,15-16H,7-11H2,1-2H3/t13-,15-,16-,19-/m1/s1. The molecule has 1 heterocycles. The summed E-state index contributed by atoms with van der Waals surface area (Å²) in [5.74, 6) is 1.31. The fraction of sp³-hybridized carbons (Fsp3) is 0.632. The number of nitro groups is 1. The van der Waals surface area contributed by atoms with Crippen LogP contribution in [-0.4, -0.2) is 34.8 Å². The van der Waals surface area contributed by atoms with Gasteiger partial charge in [-0.2, -0.15) is 0 Å². The summed E-state index contributed by atoms with van der Waals surface area (Å²) in [5, 5.41) is 10.7. The molecule has 4 rings (SSSR count). The van der Waals surface area contributed by atoms with E-state index in [0.717, 1.165) is 18.1 Å². The second kappa shape index (κ2) is 6.23. The predicted molar refractivity (Wildman–Crippen MR) is 98.1 cm³/mol. The van der Waals surface area contributed by atoms with Crippen molar-refractivity contribution in [1.29, 1.82) is 0 Å². The lowest BCUT2D eigenvalue weighted by Gasteiger charge is -2.47. The van der Waals surface area contributed by atoms with Crippen molar-refractivity contribution in [1.82, 2.24) is 0 Å². The van der Waals surface area contributed by atoms with Crippen molar-refractivity contribution >= 4 is 23.4 Å². The second-order valence-corrected chi connectivity index (χ2v) is 9.26. The minimum Gasteiger partial charge on any atom is -0.458 e. The van der Waals surface area contributed by atoms with Crippen LogP contribution in [0.25, 0.3) is 0 Å². The molecule has 7 heteroatoms. The van der Waals surface area contributed by atoms with Crippen LogP contribution in [0.15, 0.2) is 24.3 Å². The summed E-state index contributed by atoms with van der Waals surface area (Å²) in [6.45, 7) is 4.96. The van der Waals surface area contributed by atoms with E-state index < -0.39 is 10.9 Å². The van der Waals surface area contributed by atoms with E-state index in [9.17, 15) is 14.9 Å². The highest BCUT2D eigenvalue weighted by molar-refractivity contribution is 7.99. The van der Waals surface area contributed by atoms with Gasteiger partial charge in [0.25, 0.3) is 5.69 Å². The van der Waals surface area contributed by atoms with Gasteiger partial charge in [-0.3, -0.25) is 10.1 Å². The Kier molecular flexibility index (Phi) is 4.27. The molecule has 0 N–H and O–H groups in total. The molecule has 6 nitrogen and oxygen atoms in total. The van der Waals surface area contributed by atoms with Gasteiger partial charge in [-0.05, 0) is 42.7 Å². The molecule has 1 aliphatic heterocycles. The quantitative estimate of drug-likeness (QED) is 0.448. The second-order valence-electron chi connectivity index (χ2n) is 8.12. The third-order valence-electron chi connectivity index (χ3n) is 6.86. The van der Waals surface area contributed by atoms with Crippen molar-refractivity contribution in [2.75, 3.05) is 12.4 Å². The molecule has 3 fully saturated rings. The Morgan fingerprint density at radius 2 is 2.12 bits per heavy atom. The Bertz CT molecular complexity index is 734. The first kappa shape index (κ1) is 17.8. The van der Waals surface area contributed by atoms with Gasteiger partial charge in [0.2, 0.25) is 0 Å². The average molecular weight is 377 g/mol. The van der Waals surface area contributed by atoms with Gasteiger partial charge in [0, 0.05) is 23.3 Å². The number of ether oxygens (including phenoxy) is 2. The molecule has 1 aromatic rings. The first-order chi connectivity index (χ1) is 12.3. The van der Waals surface area contributed by atoms with Crippen LogP contribution in [0.4, 0.5) is 5.69 Å². The SMILES string of the molecule is CC1(C)[C@@H]2CC[C@]13CS[C@H](COC(=O)c1ccc([N+](=O)[O-])cc1)O[C@@H]3C2. The summed E-state index contributed by atoms with van der Waals surface area (Å²) < 4.78 is 11.7. The van der Waals surface area contributed by atoms with E-state index in [2.05, 4.69) is 13.8 Å². The van der Waals surface area contributed by atoms with Crippen molar-refractivity contribution in [3.8, 4) is 0 Å². The highest BCUT2D eigenvalue weighted by Crippen LogP contribution is 2.69. The molecule has 1 saturated heterocycles. The fourth-order valence-electron chi connectivity index (χ4n) is 5.03. The van der Waals surface area contributed by atoms with E-state index in [0.29, 0.717) is 11.0 Å². The maximum absolute atomic E-state index is 12.2. The number of carbonyl (C=O) groups excluding carboxylic acids is 1. The highest BCUT2D eigenvalue weighted by Gasteiger charge is 2.66. The Balaban J connectivity index is 1.34. The summed E-state index contributed by atoms with van der Waals surface area (Å²) in [5.41, 5.74) is 0.723. The van der Waals surface area contributed by atoms with Crippen molar-refractivity contribution < 1.29 is 19.2 Å². The molecule has 0 aromatic heterocycles. The molecule has 2 saturated carbocycles. The van der Waals surface area contributed by atoms with Gasteiger partial charge in [0.15, 0.2) is 0 Å². The van der Waals surface area contributed by atoms with E-state index in [1.807, 2.05) is 0 Å². The smallest absolute Gasteiger partial charge is 0.338 e. The van der Waals surface area contributed by atoms with E-state index in [1.54, 1.807) is 11.8 Å². The van der Waals surface area contributed by atoms with Gasteiger partial charge in [-0.1, -0.05) is 13.8 Å². The van der Waals surface area contributed by atoms with Gasteiger partial charge in [-0.15, -0.1) is 11.8 Å². The molecule has 0 unspecified atom stereocenters. The molecule has 1 aromatic carbocycles. The molecule has 0 amide bonds. The van der Waals surface area contributed by atoms with Crippen LogP contribution in [0.5, 0.6) is 0 Å². The number of hydrogen-bond donors (Lipinski definition) is 0. The molecular formula is C19H23NO5S. The van der Waals surface area contributed by atoms with Gasteiger partial charge in [-0.25, -0.2) is 4.79 Å². The van der Waals surface area contributed by atoms with Gasteiger partial charge < -0.3 is 9.47 Å². The molecule has 26 heavy (non-hydrogen) atoms. The number of nitro benzene ring substituents is 1. The molecule has 2 aliphatic carbocycles. The number of benzene rings is 1. The first-order valence-electron chi connectivity index (χ1n) is 9.02. The molecule has 1 spiro atoms. The van der Waals surface area contributed by atoms with Crippen LogP contribution in [0, 0.1) is 26.9 Å². The lowest BCUT2D eigenvalue weighted by molar-refractivity contribution is -0.384. The summed E-state index contributed by atoms with van der Waals surface area (Å²) in [4.78, 5) is 22.4. The van der Waals surface area contributed by atoms with Crippen LogP contribution in [0.2, 0.25) is 0 Å². The number of thioether (sulfide) groups is 1. The monoisotopic (exact) mass is 377 g/mol. The van der Waals surface area contributed by atoms with Crippen molar-refractivity contribution in [2.45, 2.75) is 44.6 Å². The van der Waals surface area contributed by atoms with Crippen molar-refractivity contribution in [2.24, 2.45) is 16.7 Å². The van der Waals surface area contributed by atoms with Crippen LogP contribution < -0.4 is 0 Å². The van der Waals surface area contributed by atoms with Gasteiger partial charge in [0.1, 0.15) is 12.0 Å². The lowest BCUT2D eigenvalue weighted by Crippen LogP contribution is -2.48. The summed E-state index contributed by atoms with van der Waals surface area (Å²) in [6, 6.07) is 5.46. The maximum Gasteiger partial charge on any atom is 0.338 e. The largest absolute Gasteiger partial charge is 0.458 e. The van der Waals surface area contributed by atoms with Crippen LogP contribution >= 0.6 is 11.8 Å². The zero-order valence-corrected chi connectivity index (χ0v) is 15.8. The van der Waals surface area contributed by atoms with Gasteiger partial charge >= 0.3 is 5.97 Å². The Morgan fingerprint density at radius 1 is 1.38 bits per heavy atom. The maximum atomic E-state index is 12.2. The van der Waals surface area contributed by atoms with E-state index >= 15 is 0 Å². The molecule has 0 radical (unpaired) electrons. The molecule has 140 valence electrons. The van der Waals surface area contributed by atoms with Crippen molar-refractivity contribution in [3.05, 3.63) is 39.9 Å². The Hall–Kier alpha value is -1.60. The Morgan fingerprint density at radius 3 is 2.77 bits per heavy atom. The number of rotatable bonds is 4. The van der Waals surface area contributed by atoms with Crippen LogP contribution in [0.3, 0.4) is 0 Å². The first-order valence-corrected chi connectivity index (χ1v) is 10.1. The fourth-order valence-corrected chi connectivity index (χ4v) is 6.59. The molecule has 2 bridgehead atoms. The highest BCUT2D eigenvalue weighted by atomic mass is 32.2. The topological polar surface area (TPSA) is 78.7 Å². The average Bonchev–Trinajstić information content (AvgIpc) is 3.00. The number of nitrogens with zero attached hydrogens (tertiary/aromatic N) is 1. The van der Waals surface area contributed by atoms with E-state index in [1.165, 1.54) is 37.1 Å². The summed E-state index contributed by atoms with van der Waals surface area (Å²) >= 11 is 1.75. The lowest BCUT2D eigenvalue weighted by atomic mass is 9.69. The summed E-state index contributed by atoms with van der Waals surface area (Å²) in [6.07, 6.45) is 3.91. The van der Waals surface area contributed by atoms with E-state index in [4.69, 9.17) is 9.47 Å². The Labute approximate surface area is 156 Å². The predicted octanol–water partition coefficient (Wildman–Crippen LogP) is 4.04. The third kappa shape index (κ3) is 2.63. The third-order valence-corrected chi connectivity index (χ3v) is 8.17. The van der Waals surface area contributed by atoms with Crippen molar-refractivity contribution in [3.63, 3.8) is 0 Å². The normalized spacial score (nSPS) is 34.3. The number of non-ortho nitro benzene ring substituents is 1. The molecular weight excluding hydrogens is 354 g/mol. The number of carbonyl (C=O) groups is 1. The van der Waals surface area contributed by atoms with Crippen LogP contribution in [-0.2, 0) is 9.47 Å². The molecule has 3 aliphatic rings. The zero-order chi connectivity index (χ0) is 18.5. The van der Waals surface area contributed by atoms with Crippen LogP contribution in [0.1, 0.15) is 43.5 Å².